The van der Waals surface area contributed by atoms with E-state index in [-0.39, 0.29) is 17.3 Å². The van der Waals surface area contributed by atoms with Gasteiger partial charge in [0, 0.05) is 36.8 Å². The van der Waals surface area contributed by atoms with E-state index in [1.54, 1.807) is 25.1 Å². The summed E-state index contributed by atoms with van der Waals surface area (Å²) in [6.07, 6.45) is 7.42. The van der Waals surface area contributed by atoms with Crippen LogP contribution in [0.25, 0.3) is 5.57 Å². The van der Waals surface area contributed by atoms with Crippen LogP contribution < -0.4 is 5.32 Å². The smallest absolute Gasteiger partial charge is 0.244 e. The predicted molar refractivity (Wildman–Crippen MR) is 101 cm³/mol. The summed E-state index contributed by atoms with van der Waals surface area (Å²) in [7, 11) is 0. The molecule has 2 fully saturated rings. The van der Waals surface area contributed by atoms with Gasteiger partial charge in [-0.05, 0) is 31.4 Å². The second-order valence-corrected chi connectivity index (χ2v) is 7.41. The van der Waals surface area contributed by atoms with Crippen LogP contribution >= 0.6 is 0 Å². The van der Waals surface area contributed by atoms with E-state index < -0.39 is 0 Å². The van der Waals surface area contributed by atoms with Crippen molar-refractivity contribution in [3.63, 3.8) is 0 Å². The number of halogens is 1. The fourth-order valence-electron chi connectivity index (χ4n) is 4.21. The molecule has 0 bridgehead atoms. The van der Waals surface area contributed by atoms with Gasteiger partial charge in [0.15, 0.2) is 0 Å². The molecule has 0 aromatic heterocycles. The first kappa shape index (κ1) is 19.1. The van der Waals surface area contributed by atoms with Crippen molar-refractivity contribution in [3.8, 4) is 0 Å². The van der Waals surface area contributed by atoms with E-state index in [2.05, 4.69) is 10.2 Å². The zero-order chi connectivity index (χ0) is 18.4. The third-order valence-corrected chi connectivity index (χ3v) is 5.70. The van der Waals surface area contributed by atoms with Gasteiger partial charge in [0.05, 0.1) is 13.2 Å². The van der Waals surface area contributed by atoms with Crippen molar-refractivity contribution in [1.82, 2.24) is 10.2 Å². The lowest BCUT2D eigenvalue weighted by Crippen LogP contribution is -2.59. The van der Waals surface area contributed by atoms with E-state index >= 15 is 0 Å². The summed E-state index contributed by atoms with van der Waals surface area (Å²) in [5.41, 5.74) is 1.16. The van der Waals surface area contributed by atoms with E-state index in [1.165, 1.54) is 31.4 Å². The number of nitrogens with zero attached hydrogens (tertiary/aromatic N) is 1. The number of benzene rings is 1. The third-order valence-electron chi connectivity index (χ3n) is 5.70. The highest BCUT2D eigenvalue weighted by atomic mass is 19.1. The molecule has 26 heavy (non-hydrogen) atoms. The molecule has 1 aromatic rings. The Bertz CT molecular complexity index is 647. The van der Waals surface area contributed by atoms with E-state index in [1.807, 2.05) is 0 Å². The summed E-state index contributed by atoms with van der Waals surface area (Å²) in [5, 5.41) is 3.09. The van der Waals surface area contributed by atoms with Gasteiger partial charge in [-0.1, -0.05) is 37.5 Å². The van der Waals surface area contributed by atoms with Gasteiger partial charge < -0.3 is 10.1 Å². The number of hydrogen-bond acceptors (Lipinski definition) is 3. The molecule has 1 heterocycles. The Morgan fingerprint density at radius 2 is 1.92 bits per heavy atom. The lowest BCUT2D eigenvalue weighted by Gasteiger charge is -2.48. The van der Waals surface area contributed by atoms with Gasteiger partial charge in [0.2, 0.25) is 5.91 Å². The summed E-state index contributed by atoms with van der Waals surface area (Å²) < 4.78 is 19.4. The summed E-state index contributed by atoms with van der Waals surface area (Å²) >= 11 is 0. The van der Waals surface area contributed by atoms with Crippen LogP contribution in [0, 0.1) is 5.82 Å². The number of nitrogens with one attached hydrogen (secondary N) is 1. The van der Waals surface area contributed by atoms with E-state index in [4.69, 9.17) is 4.74 Å². The molecule has 5 heteroatoms. The first-order valence-electron chi connectivity index (χ1n) is 9.65. The molecule has 4 nitrogen and oxygen atoms in total. The molecule has 0 unspecified atom stereocenters. The zero-order valence-corrected chi connectivity index (χ0v) is 15.6. The molecule has 1 saturated heterocycles. The van der Waals surface area contributed by atoms with Crippen molar-refractivity contribution in [2.75, 3.05) is 32.8 Å². The van der Waals surface area contributed by atoms with Crippen LogP contribution in [0.1, 0.15) is 44.6 Å². The number of amides is 1. The minimum atomic E-state index is -0.300. The quantitative estimate of drug-likeness (QED) is 0.819. The lowest BCUT2D eigenvalue weighted by molar-refractivity contribution is -0.117. The Hall–Kier alpha value is -1.72. The average molecular weight is 360 g/mol. The largest absolute Gasteiger partial charge is 0.379 e. The summed E-state index contributed by atoms with van der Waals surface area (Å²) in [5.74, 6) is -0.449. The van der Waals surface area contributed by atoms with Gasteiger partial charge in [-0.15, -0.1) is 0 Å². The molecular weight excluding hydrogens is 331 g/mol. The highest BCUT2D eigenvalue weighted by Crippen LogP contribution is 2.33. The van der Waals surface area contributed by atoms with E-state index in [9.17, 15) is 9.18 Å². The molecule has 0 atom stereocenters. The molecule has 1 aliphatic carbocycles. The summed E-state index contributed by atoms with van der Waals surface area (Å²) in [4.78, 5) is 15.0. The standard InChI is InChI=1S/C21H29FN2O2/c1-17(18-7-3-4-8-19(18)22)15-20(25)23-16-21(9-5-2-6-10-21)24-11-13-26-14-12-24/h3-4,7-8,15H,2,5-6,9-14,16H2,1H3,(H,23,25)/b17-15+. The van der Waals surface area contributed by atoms with Crippen LogP contribution in [-0.2, 0) is 9.53 Å². The lowest BCUT2D eigenvalue weighted by atomic mass is 9.79. The van der Waals surface area contributed by atoms with Crippen LogP contribution in [0.5, 0.6) is 0 Å². The summed E-state index contributed by atoms with van der Waals surface area (Å²) in [6, 6.07) is 6.55. The van der Waals surface area contributed by atoms with Crippen molar-refractivity contribution in [1.29, 1.82) is 0 Å². The first-order chi connectivity index (χ1) is 12.6. The fraction of sp³-hybridized carbons (Fsp3) is 0.571. The summed E-state index contributed by atoms with van der Waals surface area (Å²) in [6.45, 7) is 5.81. The molecule has 2 aliphatic rings. The molecule has 1 N–H and O–H groups in total. The minimum absolute atomic E-state index is 0.0391. The van der Waals surface area contributed by atoms with Crippen LogP contribution in [0.15, 0.2) is 30.3 Å². The monoisotopic (exact) mass is 360 g/mol. The second-order valence-electron chi connectivity index (χ2n) is 7.41. The highest BCUT2D eigenvalue weighted by Gasteiger charge is 2.38. The van der Waals surface area contributed by atoms with Crippen LogP contribution in [0.2, 0.25) is 0 Å². The molecule has 0 spiro atoms. The molecule has 3 rings (SSSR count). The normalized spacial score (nSPS) is 21.4. The molecule has 1 saturated carbocycles. The van der Waals surface area contributed by atoms with Gasteiger partial charge in [0.25, 0.3) is 0 Å². The molecule has 1 amide bonds. The Morgan fingerprint density at radius 1 is 1.23 bits per heavy atom. The van der Waals surface area contributed by atoms with Gasteiger partial charge in [-0.25, -0.2) is 4.39 Å². The van der Waals surface area contributed by atoms with Gasteiger partial charge in [-0.3, -0.25) is 9.69 Å². The van der Waals surface area contributed by atoms with Crippen LogP contribution in [0.3, 0.4) is 0 Å². The molecule has 1 aliphatic heterocycles. The molecule has 0 radical (unpaired) electrons. The maximum atomic E-state index is 13.9. The third kappa shape index (κ3) is 4.51. The van der Waals surface area contributed by atoms with Crippen LogP contribution in [0.4, 0.5) is 4.39 Å². The first-order valence-corrected chi connectivity index (χ1v) is 9.65. The van der Waals surface area contributed by atoms with E-state index in [0.717, 1.165) is 39.1 Å². The average Bonchev–Trinajstić information content (AvgIpc) is 2.68. The Kier molecular flexibility index (Phi) is 6.43. The van der Waals surface area contributed by atoms with Crippen molar-refractivity contribution in [3.05, 3.63) is 41.7 Å². The van der Waals surface area contributed by atoms with Gasteiger partial charge >= 0.3 is 0 Å². The number of hydrogen-bond donors (Lipinski definition) is 1. The molecule has 142 valence electrons. The van der Waals surface area contributed by atoms with Crippen LogP contribution in [-0.4, -0.2) is 49.2 Å². The highest BCUT2D eigenvalue weighted by molar-refractivity contribution is 5.94. The van der Waals surface area contributed by atoms with Gasteiger partial charge in [-0.2, -0.15) is 0 Å². The van der Waals surface area contributed by atoms with Crippen molar-refractivity contribution < 1.29 is 13.9 Å². The maximum Gasteiger partial charge on any atom is 0.244 e. The maximum absolute atomic E-state index is 13.9. The number of carbonyl (C=O) groups excluding carboxylic acids is 1. The topological polar surface area (TPSA) is 41.6 Å². The second kappa shape index (κ2) is 8.78. The minimum Gasteiger partial charge on any atom is -0.379 e. The van der Waals surface area contributed by atoms with E-state index in [0.29, 0.717) is 17.7 Å². The van der Waals surface area contributed by atoms with Gasteiger partial charge in [0.1, 0.15) is 5.82 Å². The Labute approximate surface area is 155 Å². The zero-order valence-electron chi connectivity index (χ0n) is 15.6. The number of allylic oxidation sites excluding steroid dienone is 1. The molecular formula is C21H29FN2O2. The Morgan fingerprint density at radius 3 is 2.62 bits per heavy atom. The van der Waals surface area contributed by atoms with Crippen molar-refractivity contribution in [2.45, 2.75) is 44.6 Å². The SMILES string of the molecule is C/C(=C\C(=O)NCC1(N2CCOCC2)CCCCC1)c1ccccc1F. The fourth-order valence-corrected chi connectivity index (χ4v) is 4.21. The number of morpholine rings is 1. The number of carbonyl (C=O) groups is 1. The Balaban J connectivity index is 1.65. The van der Waals surface area contributed by atoms with Crippen molar-refractivity contribution >= 4 is 11.5 Å². The number of rotatable bonds is 5. The molecule has 1 aromatic carbocycles. The van der Waals surface area contributed by atoms with Crippen molar-refractivity contribution in [2.24, 2.45) is 0 Å². The predicted octanol–water partition coefficient (Wildman–Crippen LogP) is 3.38. The number of ether oxygens (including phenoxy) is 1.